The van der Waals surface area contributed by atoms with E-state index in [4.69, 9.17) is 10.2 Å². The van der Waals surface area contributed by atoms with Crippen molar-refractivity contribution in [2.24, 2.45) is 11.8 Å². The smallest absolute Gasteiger partial charge is 0.0460 e. The zero-order valence-electron chi connectivity index (χ0n) is 13.7. The molecular weight excluding hydrogens is 316 g/mol. The number of nitrogens with zero attached hydrogens (tertiary/aromatic N) is 2. The van der Waals surface area contributed by atoms with E-state index in [1.54, 1.807) is 0 Å². The van der Waals surface area contributed by atoms with E-state index in [2.05, 4.69) is 9.80 Å². The number of hydrogen-bond donors (Lipinski definition) is 2. The predicted octanol–water partition coefficient (Wildman–Crippen LogP) is 1.78. The second-order valence-corrected chi connectivity index (χ2v) is 9.28. The van der Waals surface area contributed by atoms with Crippen molar-refractivity contribution in [2.75, 3.05) is 64.0 Å². The molecule has 0 aromatic rings. The predicted molar refractivity (Wildman–Crippen MR) is 97.4 cm³/mol. The summed E-state index contributed by atoms with van der Waals surface area (Å²) in [6.07, 6.45) is 4.66. The third kappa shape index (κ3) is 6.97. The summed E-state index contributed by atoms with van der Waals surface area (Å²) < 4.78 is 0. The summed E-state index contributed by atoms with van der Waals surface area (Å²) in [7, 11) is 4.01. The van der Waals surface area contributed by atoms with Crippen molar-refractivity contribution in [1.82, 2.24) is 9.80 Å². The van der Waals surface area contributed by atoms with Crippen LogP contribution in [0.1, 0.15) is 25.7 Å². The minimum atomic E-state index is 0.369. The number of aliphatic hydroxyl groups excluding tert-OH is 2. The Morgan fingerprint density at radius 2 is 1.05 bits per heavy atom. The lowest BCUT2D eigenvalue weighted by Crippen LogP contribution is -2.36. The highest BCUT2D eigenvalue weighted by atomic mass is 33.1. The van der Waals surface area contributed by atoms with Gasteiger partial charge in [0.1, 0.15) is 0 Å². The van der Waals surface area contributed by atoms with E-state index in [9.17, 15) is 0 Å². The maximum Gasteiger partial charge on any atom is 0.0460 e. The van der Waals surface area contributed by atoms with Gasteiger partial charge in [0.25, 0.3) is 0 Å². The van der Waals surface area contributed by atoms with Crippen LogP contribution in [0.25, 0.3) is 0 Å². The fourth-order valence-corrected chi connectivity index (χ4v) is 5.29. The fraction of sp³-hybridized carbons (Fsp3) is 1.00. The highest BCUT2D eigenvalue weighted by Gasteiger charge is 2.19. The zero-order chi connectivity index (χ0) is 15.6. The molecule has 0 saturated carbocycles. The van der Waals surface area contributed by atoms with Crippen LogP contribution in [0, 0.1) is 11.8 Å². The molecule has 2 heterocycles. The third-order valence-corrected chi connectivity index (χ3v) is 7.36. The summed E-state index contributed by atoms with van der Waals surface area (Å²) in [5.74, 6) is 3.52. The first kappa shape index (κ1) is 18.9. The van der Waals surface area contributed by atoms with E-state index < -0.39 is 0 Å². The average Bonchev–Trinajstić information content (AvgIpc) is 2.59. The van der Waals surface area contributed by atoms with Gasteiger partial charge < -0.3 is 20.0 Å². The first-order valence-corrected chi connectivity index (χ1v) is 11.2. The van der Waals surface area contributed by atoms with Crippen LogP contribution in [-0.4, -0.2) is 84.0 Å². The fourth-order valence-electron chi connectivity index (χ4n) is 3.24. The lowest BCUT2D eigenvalue weighted by molar-refractivity contribution is 0.136. The lowest BCUT2D eigenvalue weighted by Gasteiger charge is -2.31. The number of likely N-dealkylation sites (tertiary alicyclic amines) is 2. The molecule has 6 heteroatoms. The van der Waals surface area contributed by atoms with Crippen molar-refractivity contribution in [2.45, 2.75) is 25.7 Å². The van der Waals surface area contributed by atoms with Crippen LogP contribution in [0.3, 0.4) is 0 Å². The number of aliphatic hydroxyl groups is 2. The van der Waals surface area contributed by atoms with Gasteiger partial charge in [-0.1, -0.05) is 21.6 Å². The Morgan fingerprint density at radius 3 is 1.36 bits per heavy atom. The van der Waals surface area contributed by atoms with Gasteiger partial charge in [-0.05, 0) is 63.7 Å². The van der Waals surface area contributed by atoms with E-state index >= 15 is 0 Å². The van der Waals surface area contributed by atoms with Crippen molar-refractivity contribution in [1.29, 1.82) is 0 Å². The molecule has 2 rings (SSSR count). The molecule has 2 aliphatic heterocycles. The van der Waals surface area contributed by atoms with Crippen molar-refractivity contribution in [3.05, 3.63) is 0 Å². The molecule has 2 aliphatic rings. The molecule has 2 fully saturated rings. The molecule has 0 amide bonds. The summed E-state index contributed by atoms with van der Waals surface area (Å²) in [5.41, 5.74) is 0. The molecule has 2 N–H and O–H groups in total. The number of piperidine rings is 2. The standard InChI is InChI=1S/C16H32N2O2S2/c19-13-15-1-5-17(6-2-15)9-11-21-22-12-10-18-7-3-16(14-20)4-8-18/h15-16,19-20H,1-14H2. The molecule has 0 radical (unpaired) electrons. The van der Waals surface area contributed by atoms with Crippen molar-refractivity contribution < 1.29 is 10.2 Å². The maximum absolute atomic E-state index is 9.14. The molecule has 22 heavy (non-hydrogen) atoms. The highest BCUT2D eigenvalue weighted by molar-refractivity contribution is 8.76. The van der Waals surface area contributed by atoms with Crippen LogP contribution >= 0.6 is 21.6 Å². The van der Waals surface area contributed by atoms with E-state index in [1.807, 2.05) is 21.6 Å². The Hall–Kier alpha value is 0.540. The molecule has 0 unspecified atom stereocenters. The first-order chi connectivity index (χ1) is 10.8. The minimum absolute atomic E-state index is 0.369. The van der Waals surface area contributed by atoms with Gasteiger partial charge in [-0.3, -0.25) is 0 Å². The van der Waals surface area contributed by atoms with E-state index in [-0.39, 0.29) is 0 Å². The summed E-state index contributed by atoms with van der Waals surface area (Å²) in [5, 5.41) is 18.3. The summed E-state index contributed by atoms with van der Waals surface area (Å²) in [4.78, 5) is 5.08. The first-order valence-electron chi connectivity index (χ1n) is 8.72. The average molecular weight is 349 g/mol. The summed E-state index contributed by atoms with van der Waals surface area (Å²) >= 11 is 0. The van der Waals surface area contributed by atoms with Gasteiger partial charge in [0.15, 0.2) is 0 Å². The Labute approximate surface area is 143 Å². The lowest BCUT2D eigenvalue weighted by atomic mass is 9.98. The minimum Gasteiger partial charge on any atom is -0.396 e. The molecule has 0 bridgehead atoms. The Bertz CT molecular complexity index is 253. The van der Waals surface area contributed by atoms with Gasteiger partial charge in [-0.25, -0.2) is 0 Å². The Morgan fingerprint density at radius 1 is 0.682 bits per heavy atom. The second kappa shape index (κ2) is 11.2. The van der Waals surface area contributed by atoms with Crippen LogP contribution in [0.15, 0.2) is 0 Å². The topological polar surface area (TPSA) is 46.9 Å². The van der Waals surface area contributed by atoms with E-state index in [0.717, 1.165) is 51.9 Å². The van der Waals surface area contributed by atoms with Crippen molar-refractivity contribution in [3.63, 3.8) is 0 Å². The SMILES string of the molecule is OCC1CCN(CCSSCCN2CCC(CO)CC2)CC1. The van der Waals surface area contributed by atoms with Crippen LogP contribution in [0.4, 0.5) is 0 Å². The maximum atomic E-state index is 9.14. The van der Waals surface area contributed by atoms with Crippen LogP contribution in [0.5, 0.6) is 0 Å². The summed E-state index contributed by atoms with van der Waals surface area (Å²) in [6.45, 7) is 7.77. The molecule has 4 nitrogen and oxygen atoms in total. The van der Waals surface area contributed by atoms with E-state index in [0.29, 0.717) is 25.0 Å². The number of rotatable bonds is 9. The van der Waals surface area contributed by atoms with Crippen LogP contribution < -0.4 is 0 Å². The zero-order valence-corrected chi connectivity index (χ0v) is 15.3. The van der Waals surface area contributed by atoms with Gasteiger partial charge >= 0.3 is 0 Å². The molecular formula is C16H32N2O2S2. The van der Waals surface area contributed by atoms with E-state index in [1.165, 1.54) is 24.6 Å². The van der Waals surface area contributed by atoms with Gasteiger partial charge in [-0.2, -0.15) is 0 Å². The van der Waals surface area contributed by atoms with Gasteiger partial charge in [0, 0.05) is 37.8 Å². The molecule has 130 valence electrons. The molecule has 2 saturated heterocycles. The second-order valence-electron chi connectivity index (χ2n) is 6.58. The largest absolute Gasteiger partial charge is 0.396 e. The molecule has 0 aromatic heterocycles. The molecule has 0 aromatic carbocycles. The molecule has 0 atom stereocenters. The van der Waals surface area contributed by atoms with Crippen LogP contribution in [0.2, 0.25) is 0 Å². The monoisotopic (exact) mass is 348 g/mol. The normalized spacial score (nSPS) is 23.2. The van der Waals surface area contributed by atoms with Gasteiger partial charge in [-0.15, -0.1) is 0 Å². The van der Waals surface area contributed by atoms with Gasteiger partial charge in [0.2, 0.25) is 0 Å². The highest BCUT2D eigenvalue weighted by Crippen LogP contribution is 2.23. The Balaban J connectivity index is 1.40. The van der Waals surface area contributed by atoms with Crippen molar-refractivity contribution in [3.8, 4) is 0 Å². The van der Waals surface area contributed by atoms with Crippen molar-refractivity contribution >= 4 is 21.6 Å². The Kier molecular flexibility index (Phi) is 9.57. The molecule has 0 spiro atoms. The molecule has 0 aliphatic carbocycles. The summed E-state index contributed by atoms with van der Waals surface area (Å²) in [6, 6.07) is 0. The van der Waals surface area contributed by atoms with Crippen LogP contribution in [-0.2, 0) is 0 Å². The quantitative estimate of drug-likeness (QED) is 0.489. The van der Waals surface area contributed by atoms with Gasteiger partial charge in [0.05, 0.1) is 0 Å². The third-order valence-electron chi connectivity index (χ3n) is 5.00. The number of hydrogen-bond acceptors (Lipinski definition) is 6.